The molecule has 2 fully saturated rings. The van der Waals surface area contributed by atoms with Gasteiger partial charge in [0.2, 0.25) is 0 Å². The highest BCUT2D eigenvalue weighted by Gasteiger charge is 2.44. The minimum Gasteiger partial charge on any atom is -0.328 e. The van der Waals surface area contributed by atoms with Gasteiger partial charge in [0.1, 0.15) is 0 Å². The molecule has 0 amide bonds. The number of piperidine rings is 1. The Labute approximate surface area is 109 Å². The molecule has 0 spiro atoms. The third kappa shape index (κ3) is 1.63. The minimum atomic E-state index is 0.461. The van der Waals surface area contributed by atoms with E-state index in [2.05, 4.69) is 29.2 Å². The lowest BCUT2D eigenvalue weighted by Gasteiger charge is -2.41. The minimum absolute atomic E-state index is 0.461. The molecule has 2 atom stereocenters. The van der Waals surface area contributed by atoms with Crippen molar-refractivity contribution in [2.45, 2.75) is 62.7 Å². The van der Waals surface area contributed by atoms with E-state index in [-0.39, 0.29) is 0 Å². The molecule has 4 rings (SSSR count). The predicted molar refractivity (Wildman–Crippen MR) is 73.5 cm³/mol. The van der Waals surface area contributed by atoms with Crippen molar-refractivity contribution in [1.29, 1.82) is 0 Å². The van der Waals surface area contributed by atoms with Gasteiger partial charge in [0, 0.05) is 24.2 Å². The average Bonchev–Trinajstić information content (AvgIpc) is 2.88. The van der Waals surface area contributed by atoms with E-state index in [1.807, 2.05) is 0 Å². The molecule has 0 saturated carbocycles. The topological polar surface area (TPSA) is 29.3 Å². The van der Waals surface area contributed by atoms with Gasteiger partial charge in [0.25, 0.3) is 0 Å². The third-order valence-electron chi connectivity index (χ3n) is 5.28. The summed E-state index contributed by atoms with van der Waals surface area (Å²) >= 11 is 0. The maximum Gasteiger partial charge on any atom is 0.0182 e. The first-order valence-corrected chi connectivity index (χ1v) is 7.41. The van der Waals surface area contributed by atoms with Crippen LogP contribution in [-0.2, 0) is 12.8 Å². The summed E-state index contributed by atoms with van der Waals surface area (Å²) in [4.78, 5) is 2.84. The van der Waals surface area contributed by atoms with Crippen LogP contribution in [0.25, 0.3) is 0 Å². The fourth-order valence-electron chi connectivity index (χ4n) is 4.60. The van der Waals surface area contributed by atoms with Crippen LogP contribution in [0.1, 0.15) is 36.8 Å². The van der Waals surface area contributed by atoms with Crippen molar-refractivity contribution in [3.8, 4) is 0 Å². The summed E-state index contributed by atoms with van der Waals surface area (Å²) in [6.07, 6.45) is 7.74. The summed E-state index contributed by atoms with van der Waals surface area (Å²) in [7, 11) is 0. The van der Waals surface area contributed by atoms with E-state index in [0.29, 0.717) is 6.04 Å². The van der Waals surface area contributed by atoms with Crippen molar-refractivity contribution < 1.29 is 0 Å². The van der Waals surface area contributed by atoms with Gasteiger partial charge in [-0.1, -0.05) is 24.3 Å². The van der Waals surface area contributed by atoms with Crippen molar-refractivity contribution in [3.05, 3.63) is 35.4 Å². The molecule has 96 valence electrons. The van der Waals surface area contributed by atoms with Crippen LogP contribution < -0.4 is 5.73 Å². The van der Waals surface area contributed by atoms with Crippen LogP contribution in [0.3, 0.4) is 0 Å². The van der Waals surface area contributed by atoms with Crippen LogP contribution in [0.2, 0.25) is 0 Å². The van der Waals surface area contributed by atoms with Gasteiger partial charge in [-0.05, 0) is 49.7 Å². The van der Waals surface area contributed by atoms with Crippen LogP contribution >= 0.6 is 0 Å². The Kier molecular flexibility index (Phi) is 2.49. The third-order valence-corrected chi connectivity index (χ3v) is 5.28. The molecule has 0 radical (unpaired) electrons. The van der Waals surface area contributed by atoms with Crippen molar-refractivity contribution >= 4 is 0 Å². The molecule has 3 aliphatic rings. The predicted octanol–water partition coefficient (Wildman–Crippen LogP) is 2.11. The second-order valence-electron chi connectivity index (χ2n) is 6.39. The van der Waals surface area contributed by atoms with Gasteiger partial charge in [-0.3, -0.25) is 4.90 Å². The van der Waals surface area contributed by atoms with E-state index < -0.39 is 0 Å². The Morgan fingerprint density at radius 3 is 2.00 bits per heavy atom. The van der Waals surface area contributed by atoms with Gasteiger partial charge in [-0.25, -0.2) is 0 Å². The number of hydrogen-bond acceptors (Lipinski definition) is 2. The molecule has 0 aromatic heterocycles. The van der Waals surface area contributed by atoms with E-state index in [0.717, 1.165) is 18.1 Å². The number of hydrogen-bond donors (Lipinski definition) is 1. The SMILES string of the molecule is NC1CC2CCC(C1)N2C1Cc2ccccc2C1. The van der Waals surface area contributed by atoms with E-state index >= 15 is 0 Å². The number of fused-ring (bicyclic) bond motifs is 3. The van der Waals surface area contributed by atoms with E-state index in [4.69, 9.17) is 5.73 Å². The zero-order chi connectivity index (χ0) is 12.1. The van der Waals surface area contributed by atoms with Gasteiger partial charge >= 0.3 is 0 Å². The Balaban J connectivity index is 1.57. The molecule has 2 N–H and O–H groups in total. The van der Waals surface area contributed by atoms with Crippen molar-refractivity contribution in [2.24, 2.45) is 5.73 Å². The van der Waals surface area contributed by atoms with Crippen LogP contribution in [-0.4, -0.2) is 29.1 Å². The van der Waals surface area contributed by atoms with Gasteiger partial charge in [0.05, 0.1) is 0 Å². The number of nitrogens with zero attached hydrogens (tertiary/aromatic N) is 1. The first kappa shape index (κ1) is 11.0. The van der Waals surface area contributed by atoms with Gasteiger partial charge in [-0.2, -0.15) is 0 Å². The molecule has 1 aliphatic carbocycles. The van der Waals surface area contributed by atoms with Crippen molar-refractivity contribution in [1.82, 2.24) is 4.90 Å². The zero-order valence-electron chi connectivity index (χ0n) is 10.9. The summed E-state index contributed by atoms with van der Waals surface area (Å²) < 4.78 is 0. The van der Waals surface area contributed by atoms with Crippen LogP contribution in [0, 0.1) is 0 Å². The van der Waals surface area contributed by atoms with Gasteiger partial charge in [0.15, 0.2) is 0 Å². The lowest BCUT2D eigenvalue weighted by Crippen LogP contribution is -2.52. The Bertz CT molecular complexity index is 417. The summed E-state index contributed by atoms with van der Waals surface area (Å²) in [5.41, 5.74) is 9.33. The molecular weight excluding hydrogens is 220 g/mol. The van der Waals surface area contributed by atoms with E-state index in [1.165, 1.54) is 38.5 Å². The standard InChI is InChI=1S/C16H22N2/c17-13-9-14-5-6-15(10-13)18(14)16-7-11-3-1-2-4-12(11)8-16/h1-4,13-16H,5-10,17H2. The van der Waals surface area contributed by atoms with Crippen molar-refractivity contribution in [3.63, 3.8) is 0 Å². The summed E-state index contributed by atoms with van der Waals surface area (Å²) in [5, 5.41) is 0. The fourth-order valence-corrected chi connectivity index (χ4v) is 4.60. The normalized spacial score (nSPS) is 35.9. The molecule has 2 aliphatic heterocycles. The average molecular weight is 242 g/mol. The first-order chi connectivity index (χ1) is 8.81. The van der Waals surface area contributed by atoms with Crippen molar-refractivity contribution in [2.75, 3.05) is 0 Å². The number of rotatable bonds is 1. The molecule has 2 saturated heterocycles. The molecule has 1 aromatic rings. The quantitative estimate of drug-likeness (QED) is 0.817. The molecule has 2 nitrogen and oxygen atoms in total. The van der Waals surface area contributed by atoms with E-state index in [1.54, 1.807) is 11.1 Å². The largest absolute Gasteiger partial charge is 0.328 e. The number of nitrogens with two attached hydrogens (primary N) is 1. The van der Waals surface area contributed by atoms with Gasteiger partial charge < -0.3 is 5.73 Å². The fraction of sp³-hybridized carbons (Fsp3) is 0.625. The molecular formula is C16H22N2. The highest BCUT2D eigenvalue weighted by atomic mass is 15.3. The molecule has 18 heavy (non-hydrogen) atoms. The second-order valence-corrected chi connectivity index (χ2v) is 6.39. The van der Waals surface area contributed by atoms with Crippen LogP contribution in [0.15, 0.2) is 24.3 Å². The highest BCUT2D eigenvalue weighted by Crippen LogP contribution is 2.40. The lowest BCUT2D eigenvalue weighted by molar-refractivity contribution is 0.0817. The lowest BCUT2D eigenvalue weighted by atomic mass is 9.95. The molecule has 2 bridgehead atoms. The molecule has 1 aromatic carbocycles. The van der Waals surface area contributed by atoms with E-state index in [9.17, 15) is 0 Å². The van der Waals surface area contributed by atoms with Crippen LogP contribution in [0.4, 0.5) is 0 Å². The smallest absolute Gasteiger partial charge is 0.0182 e. The molecule has 2 unspecified atom stereocenters. The maximum absolute atomic E-state index is 6.17. The number of benzene rings is 1. The molecule has 2 heterocycles. The summed E-state index contributed by atoms with van der Waals surface area (Å²) in [6.45, 7) is 0. The highest BCUT2D eigenvalue weighted by molar-refractivity contribution is 5.33. The first-order valence-electron chi connectivity index (χ1n) is 7.41. The zero-order valence-corrected chi connectivity index (χ0v) is 10.9. The summed E-state index contributed by atoms with van der Waals surface area (Å²) in [5.74, 6) is 0. The Morgan fingerprint density at radius 2 is 1.44 bits per heavy atom. The second kappa shape index (κ2) is 4.07. The van der Waals surface area contributed by atoms with Gasteiger partial charge in [-0.15, -0.1) is 0 Å². The molecule has 2 heteroatoms. The monoisotopic (exact) mass is 242 g/mol. The maximum atomic E-state index is 6.17. The summed E-state index contributed by atoms with van der Waals surface area (Å²) in [6, 6.07) is 11.8. The van der Waals surface area contributed by atoms with Crippen LogP contribution in [0.5, 0.6) is 0 Å². The Morgan fingerprint density at radius 1 is 0.889 bits per heavy atom. The Hall–Kier alpha value is -0.860.